The Labute approximate surface area is 219 Å². The van der Waals surface area contributed by atoms with Gasteiger partial charge in [-0.15, -0.1) is 0 Å². The van der Waals surface area contributed by atoms with Crippen molar-refractivity contribution >= 4 is 62.8 Å². The molecule has 0 unspecified atom stereocenters. The van der Waals surface area contributed by atoms with E-state index in [-0.39, 0.29) is 23.1 Å². The van der Waals surface area contributed by atoms with Crippen molar-refractivity contribution in [3.63, 3.8) is 0 Å². The summed E-state index contributed by atoms with van der Waals surface area (Å²) in [6, 6.07) is 15.0. The lowest BCUT2D eigenvalue weighted by atomic mass is 10.1. The molecule has 0 aliphatic carbocycles. The Morgan fingerprint density at radius 2 is 1.83 bits per heavy atom. The molecule has 0 atom stereocenters. The van der Waals surface area contributed by atoms with Gasteiger partial charge in [0.1, 0.15) is 17.9 Å². The van der Waals surface area contributed by atoms with Crippen LogP contribution in [-0.4, -0.2) is 37.1 Å². The van der Waals surface area contributed by atoms with E-state index < -0.39 is 17.8 Å². The van der Waals surface area contributed by atoms with Gasteiger partial charge in [-0.05, 0) is 72.4 Å². The first-order valence-electron chi connectivity index (χ1n) is 10.5. The van der Waals surface area contributed by atoms with Gasteiger partial charge in [-0.3, -0.25) is 19.8 Å². The van der Waals surface area contributed by atoms with Crippen LogP contribution in [0.25, 0.3) is 6.08 Å². The maximum Gasteiger partial charge on any atom is 0.373 e. The van der Waals surface area contributed by atoms with E-state index in [0.717, 1.165) is 4.47 Å². The SMILES string of the molecule is COC(=O)c1ccc(COc2ccc(/C=C3/C(=O)NC(=S)N(c4ccc(Br)cc4)C3=O)cc2OC)o1. The van der Waals surface area contributed by atoms with Crippen LogP contribution < -0.4 is 19.7 Å². The first kappa shape index (κ1) is 25.1. The maximum atomic E-state index is 13.2. The first-order chi connectivity index (χ1) is 17.3. The van der Waals surface area contributed by atoms with Gasteiger partial charge in [-0.1, -0.05) is 22.0 Å². The molecule has 0 radical (unpaired) electrons. The monoisotopic (exact) mass is 570 g/mol. The second-order valence-corrected chi connectivity index (χ2v) is 8.69. The zero-order valence-electron chi connectivity index (χ0n) is 19.1. The molecule has 1 aliphatic rings. The fraction of sp³-hybridized carbons (Fsp3) is 0.120. The standard InChI is InChI=1S/C25H19BrN2O7S/c1-32-21-12-14(3-9-19(21)34-13-17-8-10-20(35-17)24(31)33-2)11-18-22(29)27-25(36)28(23(18)30)16-6-4-15(26)5-7-16/h3-12H,13H2,1-2H3,(H,27,29,36)/b18-11-. The minimum atomic E-state index is -0.600. The van der Waals surface area contributed by atoms with Crippen molar-refractivity contribution in [2.75, 3.05) is 19.1 Å². The number of ether oxygens (including phenoxy) is 3. The third kappa shape index (κ3) is 5.31. The average molecular weight is 571 g/mol. The average Bonchev–Trinajstić information content (AvgIpc) is 3.35. The van der Waals surface area contributed by atoms with Gasteiger partial charge in [0.05, 0.1) is 19.9 Å². The lowest BCUT2D eigenvalue weighted by Gasteiger charge is -2.29. The summed E-state index contributed by atoms with van der Waals surface area (Å²) in [6.45, 7) is 0.0360. The van der Waals surface area contributed by atoms with Crippen LogP contribution in [0.1, 0.15) is 21.9 Å². The number of thiocarbonyl (C=S) groups is 1. The van der Waals surface area contributed by atoms with Crippen LogP contribution in [0.3, 0.4) is 0 Å². The molecular weight excluding hydrogens is 552 g/mol. The molecule has 0 bridgehead atoms. The molecule has 2 aromatic carbocycles. The van der Waals surface area contributed by atoms with Gasteiger partial charge >= 0.3 is 5.97 Å². The Kier molecular flexibility index (Phi) is 7.51. The molecule has 2 amide bonds. The van der Waals surface area contributed by atoms with E-state index in [1.54, 1.807) is 48.5 Å². The van der Waals surface area contributed by atoms with Gasteiger partial charge in [0.2, 0.25) is 5.76 Å². The summed E-state index contributed by atoms with van der Waals surface area (Å²) in [7, 11) is 2.73. The van der Waals surface area contributed by atoms with Crippen LogP contribution in [0.2, 0.25) is 0 Å². The van der Waals surface area contributed by atoms with E-state index in [1.807, 2.05) is 0 Å². The van der Waals surface area contributed by atoms with Gasteiger partial charge in [-0.2, -0.15) is 0 Å². The molecule has 1 N–H and O–H groups in total. The van der Waals surface area contributed by atoms with Crippen molar-refractivity contribution in [3.05, 3.63) is 81.7 Å². The first-order valence-corrected chi connectivity index (χ1v) is 11.7. The molecule has 3 aromatic rings. The van der Waals surface area contributed by atoms with Crippen LogP contribution in [0.15, 0.2) is 69.1 Å². The second kappa shape index (κ2) is 10.8. The molecule has 1 aliphatic heterocycles. The normalized spacial score (nSPS) is 14.6. The topological polar surface area (TPSA) is 107 Å². The van der Waals surface area contributed by atoms with Gasteiger partial charge in [0.15, 0.2) is 16.6 Å². The molecule has 1 fully saturated rings. The van der Waals surface area contributed by atoms with Gasteiger partial charge in [0, 0.05) is 4.47 Å². The minimum Gasteiger partial charge on any atom is -0.493 e. The van der Waals surface area contributed by atoms with Crippen molar-refractivity contribution in [1.29, 1.82) is 0 Å². The largest absolute Gasteiger partial charge is 0.493 e. The van der Waals surface area contributed by atoms with Crippen molar-refractivity contribution < 1.29 is 33.0 Å². The number of methoxy groups -OCH3 is 2. The molecule has 9 nitrogen and oxygen atoms in total. The third-order valence-electron chi connectivity index (χ3n) is 5.10. The zero-order valence-corrected chi connectivity index (χ0v) is 21.5. The van der Waals surface area contributed by atoms with Crippen molar-refractivity contribution in [3.8, 4) is 11.5 Å². The summed E-state index contributed by atoms with van der Waals surface area (Å²) in [4.78, 5) is 38.6. The Bertz CT molecular complexity index is 1380. The smallest absolute Gasteiger partial charge is 0.373 e. The summed E-state index contributed by atoms with van der Waals surface area (Å²) in [6.07, 6.45) is 1.45. The highest BCUT2D eigenvalue weighted by atomic mass is 79.9. The molecule has 0 saturated carbocycles. The van der Waals surface area contributed by atoms with Gasteiger partial charge < -0.3 is 18.6 Å². The zero-order chi connectivity index (χ0) is 25.8. The number of halogens is 1. The molecule has 4 rings (SSSR count). The summed E-state index contributed by atoms with van der Waals surface area (Å²) in [5, 5.41) is 2.55. The Balaban J connectivity index is 1.55. The number of hydrogen-bond acceptors (Lipinski definition) is 8. The van der Waals surface area contributed by atoms with Crippen LogP contribution in [0.5, 0.6) is 11.5 Å². The van der Waals surface area contributed by atoms with Crippen molar-refractivity contribution in [2.24, 2.45) is 0 Å². The van der Waals surface area contributed by atoms with Crippen molar-refractivity contribution in [1.82, 2.24) is 5.32 Å². The number of benzene rings is 2. The highest BCUT2D eigenvalue weighted by Gasteiger charge is 2.34. The van der Waals surface area contributed by atoms with Crippen LogP contribution in [-0.2, 0) is 20.9 Å². The number of nitrogens with zero attached hydrogens (tertiary/aromatic N) is 1. The number of anilines is 1. The van der Waals surface area contributed by atoms with E-state index in [1.165, 1.54) is 31.3 Å². The van der Waals surface area contributed by atoms with Crippen LogP contribution >= 0.6 is 28.1 Å². The lowest BCUT2D eigenvalue weighted by Crippen LogP contribution is -2.54. The molecular formula is C25H19BrN2O7S. The van der Waals surface area contributed by atoms with E-state index in [0.29, 0.717) is 28.5 Å². The highest BCUT2D eigenvalue weighted by Crippen LogP contribution is 2.31. The molecule has 36 heavy (non-hydrogen) atoms. The molecule has 0 spiro atoms. The fourth-order valence-electron chi connectivity index (χ4n) is 3.36. The predicted molar refractivity (Wildman–Crippen MR) is 138 cm³/mol. The van der Waals surface area contributed by atoms with Crippen LogP contribution in [0.4, 0.5) is 5.69 Å². The number of amides is 2. The number of rotatable bonds is 7. The minimum absolute atomic E-state index is 0.000848. The second-order valence-electron chi connectivity index (χ2n) is 7.39. The quantitative estimate of drug-likeness (QED) is 0.194. The molecule has 1 aromatic heterocycles. The van der Waals surface area contributed by atoms with E-state index in [2.05, 4.69) is 26.0 Å². The number of carbonyl (C=O) groups excluding carboxylic acids is 3. The molecule has 2 heterocycles. The summed E-state index contributed by atoms with van der Waals surface area (Å²) >= 11 is 8.58. The number of esters is 1. The number of hydrogen-bond donors (Lipinski definition) is 1. The summed E-state index contributed by atoms with van der Waals surface area (Å²) < 4.78 is 22.0. The molecule has 11 heteroatoms. The highest BCUT2D eigenvalue weighted by molar-refractivity contribution is 9.10. The fourth-order valence-corrected chi connectivity index (χ4v) is 3.90. The molecule has 184 valence electrons. The number of carbonyl (C=O) groups is 3. The Morgan fingerprint density at radius 1 is 1.08 bits per heavy atom. The van der Waals surface area contributed by atoms with E-state index in [9.17, 15) is 14.4 Å². The maximum absolute atomic E-state index is 13.2. The van der Waals surface area contributed by atoms with Gasteiger partial charge in [0.25, 0.3) is 11.8 Å². The lowest BCUT2D eigenvalue weighted by molar-refractivity contribution is -0.122. The Morgan fingerprint density at radius 3 is 2.53 bits per heavy atom. The molecule has 1 saturated heterocycles. The Hall–Kier alpha value is -3.96. The number of furan rings is 1. The van der Waals surface area contributed by atoms with Crippen LogP contribution in [0, 0.1) is 0 Å². The third-order valence-corrected chi connectivity index (χ3v) is 5.92. The summed E-state index contributed by atoms with van der Waals surface area (Å²) in [5.41, 5.74) is 0.967. The van der Waals surface area contributed by atoms with Gasteiger partial charge in [-0.25, -0.2) is 4.79 Å². The predicted octanol–water partition coefficient (Wildman–Crippen LogP) is 4.25. The summed E-state index contributed by atoms with van der Waals surface area (Å²) in [5.74, 6) is -0.492. The van der Waals surface area contributed by atoms with E-state index >= 15 is 0 Å². The number of nitrogens with one attached hydrogen (secondary N) is 1. The van der Waals surface area contributed by atoms with E-state index in [4.69, 9.17) is 26.1 Å². The van der Waals surface area contributed by atoms with Crippen molar-refractivity contribution in [2.45, 2.75) is 6.61 Å².